The predicted molar refractivity (Wildman–Crippen MR) is 54.7 cm³/mol. The molecular formula is C8H13NOS2. The van der Waals surface area contributed by atoms with E-state index in [1.165, 1.54) is 17.9 Å². The lowest BCUT2D eigenvalue weighted by atomic mass is 10.2. The Bertz CT molecular complexity index is 180. The van der Waals surface area contributed by atoms with Crippen molar-refractivity contribution in [3.05, 3.63) is 0 Å². The van der Waals surface area contributed by atoms with E-state index >= 15 is 0 Å². The van der Waals surface area contributed by atoms with Gasteiger partial charge >= 0.3 is 0 Å². The SMILES string of the molecule is O=C[C@@H]1CC2(CN1)SCCCS2. The molecule has 0 aliphatic carbocycles. The first-order valence-corrected chi connectivity index (χ1v) is 6.28. The van der Waals surface area contributed by atoms with E-state index in [9.17, 15) is 4.79 Å². The minimum absolute atomic E-state index is 0.114. The van der Waals surface area contributed by atoms with Gasteiger partial charge in [-0.15, -0.1) is 23.5 Å². The third-order valence-corrected chi connectivity index (χ3v) is 5.71. The van der Waals surface area contributed by atoms with Crippen LogP contribution >= 0.6 is 23.5 Å². The van der Waals surface area contributed by atoms with E-state index < -0.39 is 0 Å². The number of hydrogen-bond acceptors (Lipinski definition) is 4. The Balaban J connectivity index is 1.98. The molecule has 12 heavy (non-hydrogen) atoms. The number of carbonyl (C=O) groups excluding carboxylic acids is 1. The van der Waals surface area contributed by atoms with E-state index in [4.69, 9.17) is 0 Å². The molecule has 68 valence electrons. The standard InChI is InChI=1S/C8H13NOS2/c10-5-7-4-8(6-9-7)11-2-1-3-12-8/h5,7,9H,1-4,6H2/t7-/m0/s1. The number of aldehydes is 1. The second-order valence-electron chi connectivity index (χ2n) is 3.29. The smallest absolute Gasteiger partial charge is 0.136 e. The van der Waals surface area contributed by atoms with Gasteiger partial charge in [-0.05, 0) is 24.3 Å². The summed E-state index contributed by atoms with van der Waals surface area (Å²) >= 11 is 4.07. The van der Waals surface area contributed by atoms with Gasteiger partial charge < -0.3 is 10.1 Å². The molecule has 0 amide bonds. The van der Waals surface area contributed by atoms with Gasteiger partial charge in [0, 0.05) is 6.54 Å². The fourth-order valence-corrected chi connectivity index (χ4v) is 5.00. The summed E-state index contributed by atoms with van der Waals surface area (Å²) in [4.78, 5) is 10.6. The molecule has 1 spiro atoms. The maximum absolute atomic E-state index is 10.6. The van der Waals surface area contributed by atoms with E-state index in [0.29, 0.717) is 4.08 Å². The normalized spacial score (nSPS) is 33.8. The van der Waals surface area contributed by atoms with Gasteiger partial charge in [-0.1, -0.05) is 0 Å². The van der Waals surface area contributed by atoms with E-state index in [1.54, 1.807) is 0 Å². The Morgan fingerprint density at radius 1 is 1.42 bits per heavy atom. The third kappa shape index (κ3) is 1.65. The van der Waals surface area contributed by atoms with Crippen LogP contribution in [0.4, 0.5) is 0 Å². The summed E-state index contributed by atoms with van der Waals surface area (Å²) in [6, 6.07) is 0.114. The van der Waals surface area contributed by atoms with E-state index in [2.05, 4.69) is 5.32 Å². The van der Waals surface area contributed by atoms with Crippen LogP contribution in [0.15, 0.2) is 0 Å². The summed E-state index contributed by atoms with van der Waals surface area (Å²) in [6.07, 6.45) is 3.39. The van der Waals surface area contributed by atoms with Crippen LogP contribution in [0.25, 0.3) is 0 Å². The molecule has 2 nitrogen and oxygen atoms in total. The van der Waals surface area contributed by atoms with Gasteiger partial charge in [0.25, 0.3) is 0 Å². The van der Waals surface area contributed by atoms with Gasteiger partial charge in [0.15, 0.2) is 0 Å². The lowest BCUT2D eigenvalue weighted by molar-refractivity contribution is -0.109. The summed E-state index contributed by atoms with van der Waals surface area (Å²) < 4.78 is 0.337. The van der Waals surface area contributed by atoms with E-state index in [-0.39, 0.29) is 6.04 Å². The number of hydrogen-bond donors (Lipinski definition) is 1. The molecule has 0 aromatic carbocycles. The molecule has 0 saturated carbocycles. The average Bonchev–Trinajstić information content (AvgIpc) is 2.50. The molecule has 2 rings (SSSR count). The molecule has 0 unspecified atom stereocenters. The number of carbonyl (C=O) groups is 1. The second-order valence-corrected chi connectivity index (χ2v) is 6.50. The van der Waals surface area contributed by atoms with Crippen LogP contribution in [0, 0.1) is 0 Å². The van der Waals surface area contributed by atoms with Gasteiger partial charge in [-0.3, -0.25) is 0 Å². The van der Waals surface area contributed by atoms with Gasteiger partial charge in [0.05, 0.1) is 10.1 Å². The van der Waals surface area contributed by atoms with Crippen molar-refractivity contribution in [3.8, 4) is 0 Å². The molecule has 1 N–H and O–H groups in total. The summed E-state index contributed by atoms with van der Waals surface area (Å²) in [7, 11) is 0. The van der Waals surface area contributed by atoms with Crippen molar-refractivity contribution in [1.82, 2.24) is 5.32 Å². The van der Waals surface area contributed by atoms with E-state index in [1.807, 2.05) is 23.5 Å². The van der Waals surface area contributed by atoms with Crippen molar-refractivity contribution in [2.24, 2.45) is 0 Å². The fraction of sp³-hybridized carbons (Fsp3) is 0.875. The van der Waals surface area contributed by atoms with Crippen LogP contribution in [0.2, 0.25) is 0 Å². The van der Waals surface area contributed by atoms with Gasteiger partial charge in [-0.25, -0.2) is 0 Å². The summed E-state index contributed by atoms with van der Waals surface area (Å²) in [5.41, 5.74) is 0. The monoisotopic (exact) mass is 203 g/mol. The Morgan fingerprint density at radius 3 is 2.75 bits per heavy atom. The average molecular weight is 203 g/mol. The van der Waals surface area contributed by atoms with Gasteiger partial charge in [-0.2, -0.15) is 0 Å². The molecule has 2 aliphatic rings. The summed E-state index contributed by atoms with van der Waals surface area (Å²) in [5, 5.41) is 3.26. The Labute approximate surface area is 81.2 Å². The Hall–Kier alpha value is 0.330. The van der Waals surface area contributed by atoms with Crippen molar-refractivity contribution in [2.45, 2.75) is 23.0 Å². The quantitative estimate of drug-likeness (QED) is 0.647. The fourth-order valence-electron chi connectivity index (χ4n) is 1.70. The van der Waals surface area contributed by atoms with E-state index in [0.717, 1.165) is 19.3 Å². The lowest BCUT2D eigenvalue weighted by Gasteiger charge is -2.31. The molecule has 1 atom stereocenters. The highest BCUT2D eigenvalue weighted by Gasteiger charge is 2.40. The first-order valence-electron chi connectivity index (χ1n) is 4.31. The minimum atomic E-state index is 0.114. The van der Waals surface area contributed by atoms with Gasteiger partial charge in [0.2, 0.25) is 0 Å². The highest BCUT2D eigenvalue weighted by atomic mass is 32.2. The molecule has 0 radical (unpaired) electrons. The lowest BCUT2D eigenvalue weighted by Crippen LogP contribution is -2.27. The Morgan fingerprint density at radius 2 is 2.17 bits per heavy atom. The molecule has 0 bridgehead atoms. The minimum Gasteiger partial charge on any atom is -0.305 e. The topological polar surface area (TPSA) is 29.1 Å². The first kappa shape index (κ1) is 8.91. The molecular weight excluding hydrogens is 190 g/mol. The zero-order chi connectivity index (χ0) is 8.44. The summed E-state index contributed by atoms with van der Waals surface area (Å²) in [6.45, 7) is 1.01. The number of rotatable bonds is 1. The van der Waals surface area contributed by atoms with Crippen LogP contribution in [0.5, 0.6) is 0 Å². The van der Waals surface area contributed by atoms with Crippen molar-refractivity contribution >= 4 is 29.8 Å². The third-order valence-electron chi connectivity index (χ3n) is 2.35. The van der Waals surface area contributed by atoms with Gasteiger partial charge in [0.1, 0.15) is 6.29 Å². The zero-order valence-electron chi connectivity index (χ0n) is 6.91. The second kappa shape index (κ2) is 3.60. The molecule has 2 heterocycles. The molecule has 2 aliphatic heterocycles. The van der Waals surface area contributed by atoms with Crippen LogP contribution in [0.3, 0.4) is 0 Å². The molecule has 2 saturated heterocycles. The highest BCUT2D eigenvalue weighted by molar-refractivity contribution is 8.18. The van der Waals surface area contributed by atoms with Crippen LogP contribution in [0.1, 0.15) is 12.8 Å². The molecule has 4 heteroatoms. The molecule has 2 fully saturated rings. The van der Waals surface area contributed by atoms with Crippen molar-refractivity contribution in [2.75, 3.05) is 18.1 Å². The maximum Gasteiger partial charge on any atom is 0.136 e. The van der Waals surface area contributed by atoms with Crippen LogP contribution in [-0.2, 0) is 4.79 Å². The number of thioether (sulfide) groups is 2. The van der Waals surface area contributed by atoms with Crippen molar-refractivity contribution in [3.63, 3.8) is 0 Å². The predicted octanol–water partition coefficient (Wildman–Crippen LogP) is 1.11. The van der Waals surface area contributed by atoms with Crippen molar-refractivity contribution in [1.29, 1.82) is 0 Å². The largest absolute Gasteiger partial charge is 0.305 e. The summed E-state index contributed by atoms with van der Waals surface area (Å²) in [5.74, 6) is 2.53. The molecule has 0 aromatic rings. The number of nitrogens with one attached hydrogen (secondary N) is 1. The molecule has 0 aromatic heterocycles. The van der Waals surface area contributed by atoms with Crippen molar-refractivity contribution < 1.29 is 4.79 Å². The Kier molecular flexibility index (Phi) is 2.67. The highest BCUT2D eigenvalue weighted by Crippen LogP contribution is 2.47. The maximum atomic E-state index is 10.6. The first-order chi connectivity index (χ1) is 5.85. The zero-order valence-corrected chi connectivity index (χ0v) is 8.55. The van der Waals surface area contributed by atoms with Crippen LogP contribution in [-0.4, -0.2) is 34.5 Å². The van der Waals surface area contributed by atoms with Crippen LogP contribution < -0.4 is 5.32 Å².